The summed E-state index contributed by atoms with van der Waals surface area (Å²) in [5.41, 5.74) is 2.31. The number of nitrogens with zero attached hydrogens (tertiary/aromatic N) is 1. The molecule has 6 nitrogen and oxygen atoms in total. The number of ether oxygens (including phenoxy) is 1. The van der Waals surface area contributed by atoms with Crippen LogP contribution in [-0.2, 0) is 4.79 Å². The van der Waals surface area contributed by atoms with E-state index in [0.717, 1.165) is 5.56 Å². The molecule has 0 unspecified atom stereocenters. The van der Waals surface area contributed by atoms with Crippen LogP contribution >= 0.6 is 0 Å². The van der Waals surface area contributed by atoms with Crippen LogP contribution in [0, 0.1) is 13.8 Å². The molecule has 0 aromatic heterocycles. The predicted molar refractivity (Wildman–Crippen MR) is 81.5 cm³/mol. The number of hydrogen-bond donors (Lipinski definition) is 2. The topological polar surface area (TPSA) is 70.7 Å². The van der Waals surface area contributed by atoms with E-state index in [-0.39, 0.29) is 18.5 Å². The summed E-state index contributed by atoms with van der Waals surface area (Å²) in [6, 6.07) is 5.52. The van der Waals surface area contributed by atoms with Crippen molar-refractivity contribution in [1.29, 1.82) is 0 Å². The Bertz CT molecular complexity index is 501. The summed E-state index contributed by atoms with van der Waals surface area (Å²) in [4.78, 5) is 24.3. The summed E-state index contributed by atoms with van der Waals surface area (Å²) in [7, 11) is 3.32. The fourth-order valence-electron chi connectivity index (χ4n) is 1.53. The molecule has 0 aliphatic carbocycles. The molecule has 1 rings (SSSR count). The van der Waals surface area contributed by atoms with E-state index in [2.05, 4.69) is 10.6 Å². The monoisotopic (exact) mass is 293 g/mol. The lowest BCUT2D eigenvalue weighted by molar-refractivity contribution is -0.123. The number of urea groups is 1. The maximum atomic E-state index is 11.6. The normalized spacial score (nSPS) is 9.90. The van der Waals surface area contributed by atoms with Crippen molar-refractivity contribution in [2.24, 2.45) is 0 Å². The molecule has 0 spiro atoms. The summed E-state index contributed by atoms with van der Waals surface area (Å²) in [6.45, 7) is 4.73. The van der Waals surface area contributed by atoms with Crippen molar-refractivity contribution in [2.75, 3.05) is 33.8 Å². The third-order valence-corrected chi connectivity index (χ3v) is 2.98. The molecule has 21 heavy (non-hydrogen) atoms. The van der Waals surface area contributed by atoms with Gasteiger partial charge in [-0.15, -0.1) is 0 Å². The molecule has 116 valence electrons. The molecule has 3 amide bonds. The number of amides is 3. The average Bonchev–Trinajstić information content (AvgIpc) is 2.44. The molecule has 0 bridgehead atoms. The van der Waals surface area contributed by atoms with Crippen LogP contribution in [0.15, 0.2) is 18.2 Å². The van der Waals surface area contributed by atoms with Crippen LogP contribution in [0.3, 0.4) is 0 Å². The molecule has 0 heterocycles. The van der Waals surface area contributed by atoms with E-state index in [4.69, 9.17) is 4.74 Å². The third kappa shape index (κ3) is 6.16. The number of rotatable bonds is 6. The first-order valence-electron chi connectivity index (χ1n) is 6.82. The fraction of sp³-hybridized carbons (Fsp3) is 0.467. The van der Waals surface area contributed by atoms with Crippen LogP contribution in [0.5, 0.6) is 5.75 Å². The first kappa shape index (κ1) is 16.8. The van der Waals surface area contributed by atoms with E-state index in [1.54, 1.807) is 14.1 Å². The first-order valence-corrected chi connectivity index (χ1v) is 6.82. The second-order valence-corrected chi connectivity index (χ2v) is 5.01. The minimum atomic E-state index is -0.215. The molecular weight excluding hydrogens is 270 g/mol. The Morgan fingerprint density at radius 2 is 1.76 bits per heavy atom. The Labute approximate surface area is 125 Å². The maximum absolute atomic E-state index is 11.6. The molecule has 0 saturated heterocycles. The van der Waals surface area contributed by atoms with E-state index >= 15 is 0 Å². The zero-order chi connectivity index (χ0) is 15.8. The summed E-state index contributed by atoms with van der Waals surface area (Å²) in [6.07, 6.45) is 0. The van der Waals surface area contributed by atoms with Gasteiger partial charge >= 0.3 is 6.03 Å². The van der Waals surface area contributed by atoms with Crippen molar-refractivity contribution in [2.45, 2.75) is 13.8 Å². The van der Waals surface area contributed by atoms with Gasteiger partial charge in [-0.25, -0.2) is 4.79 Å². The Kier molecular flexibility index (Phi) is 6.52. The molecule has 1 aromatic rings. The predicted octanol–water partition coefficient (Wildman–Crippen LogP) is 1.07. The largest absolute Gasteiger partial charge is 0.484 e. The highest BCUT2D eigenvalue weighted by molar-refractivity contribution is 5.77. The Balaban J connectivity index is 2.22. The molecular formula is C15H23N3O3. The number of carbonyl (C=O) groups excluding carboxylic acids is 2. The van der Waals surface area contributed by atoms with Crippen LogP contribution in [0.2, 0.25) is 0 Å². The zero-order valence-electron chi connectivity index (χ0n) is 13.0. The lowest BCUT2D eigenvalue weighted by Crippen LogP contribution is -2.40. The first-order chi connectivity index (χ1) is 9.90. The number of carbonyl (C=O) groups is 2. The molecule has 0 fully saturated rings. The van der Waals surface area contributed by atoms with Crippen molar-refractivity contribution in [1.82, 2.24) is 15.5 Å². The van der Waals surface area contributed by atoms with Gasteiger partial charge in [-0.1, -0.05) is 6.07 Å². The van der Waals surface area contributed by atoms with E-state index in [0.29, 0.717) is 18.8 Å². The van der Waals surface area contributed by atoms with Gasteiger partial charge in [-0.2, -0.15) is 0 Å². The van der Waals surface area contributed by atoms with Crippen LogP contribution in [0.1, 0.15) is 11.1 Å². The van der Waals surface area contributed by atoms with Crippen molar-refractivity contribution >= 4 is 11.9 Å². The molecule has 1 aromatic carbocycles. The van der Waals surface area contributed by atoms with E-state index in [9.17, 15) is 9.59 Å². The van der Waals surface area contributed by atoms with Gasteiger partial charge < -0.3 is 20.3 Å². The number of benzene rings is 1. The maximum Gasteiger partial charge on any atom is 0.316 e. The third-order valence-electron chi connectivity index (χ3n) is 2.98. The number of aryl methyl sites for hydroxylation is 2. The Hall–Kier alpha value is -2.24. The SMILES string of the molecule is Cc1ccc(OCC(=O)NCCNC(=O)N(C)C)cc1C. The molecule has 0 aliphatic rings. The van der Waals surface area contributed by atoms with Crippen LogP contribution < -0.4 is 15.4 Å². The van der Waals surface area contributed by atoms with Gasteiger partial charge in [0.1, 0.15) is 5.75 Å². The highest BCUT2D eigenvalue weighted by Crippen LogP contribution is 2.16. The molecule has 0 saturated carbocycles. The summed E-state index contributed by atoms with van der Waals surface area (Å²) >= 11 is 0. The highest BCUT2D eigenvalue weighted by atomic mass is 16.5. The van der Waals surface area contributed by atoms with Crippen LogP contribution in [0.4, 0.5) is 4.79 Å². The smallest absolute Gasteiger partial charge is 0.316 e. The van der Waals surface area contributed by atoms with Gasteiger partial charge in [-0.05, 0) is 37.1 Å². The Morgan fingerprint density at radius 1 is 1.10 bits per heavy atom. The fourth-order valence-corrected chi connectivity index (χ4v) is 1.53. The minimum Gasteiger partial charge on any atom is -0.484 e. The number of nitrogens with one attached hydrogen (secondary N) is 2. The molecule has 0 aliphatic heterocycles. The Morgan fingerprint density at radius 3 is 2.38 bits per heavy atom. The van der Waals surface area contributed by atoms with Crippen LogP contribution in [0.25, 0.3) is 0 Å². The van der Waals surface area contributed by atoms with Gasteiger partial charge in [-0.3, -0.25) is 4.79 Å². The second-order valence-electron chi connectivity index (χ2n) is 5.01. The zero-order valence-corrected chi connectivity index (χ0v) is 13.0. The standard InChI is InChI=1S/C15H23N3O3/c1-11-5-6-13(9-12(11)2)21-10-14(19)16-7-8-17-15(20)18(3)4/h5-6,9H,7-8,10H2,1-4H3,(H,16,19)(H,17,20). The second kappa shape index (κ2) is 8.14. The average molecular weight is 293 g/mol. The quantitative estimate of drug-likeness (QED) is 0.771. The summed E-state index contributed by atoms with van der Waals surface area (Å²) in [5, 5.41) is 5.33. The van der Waals surface area contributed by atoms with Gasteiger partial charge in [0, 0.05) is 27.2 Å². The highest BCUT2D eigenvalue weighted by Gasteiger charge is 2.05. The van der Waals surface area contributed by atoms with Gasteiger partial charge in [0.15, 0.2) is 6.61 Å². The molecule has 2 N–H and O–H groups in total. The van der Waals surface area contributed by atoms with Crippen LogP contribution in [-0.4, -0.2) is 50.6 Å². The summed E-state index contributed by atoms with van der Waals surface area (Å²) < 4.78 is 5.41. The minimum absolute atomic E-state index is 0.0376. The summed E-state index contributed by atoms with van der Waals surface area (Å²) in [5.74, 6) is 0.460. The van der Waals surface area contributed by atoms with Crippen molar-refractivity contribution in [3.8, 4) is 5.75 Å². The van der Waals surface area contributed by atoms with Gasteiger partial charge in [0.25, 0.3) is 5.91 Å². The molecule has 6 heteroatoms. The van der Waals surface area contributed by atoms with Gasteiger partial charge in [0.05, 0.1) is 0 Å². The van der Waals surface area contributed by atoms with E-state index < -0.39 is 0 Å². The van der Waals surface area contributed by atoms with E-state index in [1.807, 2.05) is 32.0 Å². The molecule has 0 radical (unpaired) electrons. The number of hydrogen-bond acceptors (Lipinski definition) is 3. The van der Waals surface area contributed by atoms with E-state index in [1.165, 1.54) is 10.5 Å². The van der Waals surface area contributed by atoms with Crippen molar-refractivity contribution in [3.05, 3.63) is 29.3 Å². The lowest BCUT2D eigenvalue weighted by Gasteiger charge is -2.12. The lowest BCUT2D eigenvalue weighted by atomic mass is 10.1. The van der Waals surface area contributed by atoms with Crippen molar-refractivity contribution in [3.63, 3.8) is 0 Å². The molecule has 0 atom stereocenters. The van der Waals surface area contributed by atoms with Gasteiger partial charge in [0.2, 0.25) is 0 Å². The van der Waals surface area contributed by atoms with Crippen molar-refractivity contribution < 1.29 is 14.3 Å².